The number of ether oxygens (including phenoxy) is 2. The number of rotatable bonds is 6. The van der Waals surface area contributed by atoms with Crippen LogP contribution in [0.1, 0.15) is 0 Å². The van der Waals surface area contributed by atoms with Crippen LogP contribution in [0.5, 0.6) is 17.2 Å². The van der Waals surface area contributed by atoms with Gasteiger partial charge < -0.3 is 14.4 Å². The van der Waals surface area contributed by atoms with Crippen molar-refractivity contribution in [1.29, 1.82) is 0 Å². The van der Waals surface area contributed by atoms with Gasteiger partial charge in [-0.1, -0.05) is 23.7 Å². The molecule has 0 atom stereocenters. The van der Waals surface area contributed by atoms with Crippen molar-refractivity contribution >= 4 is 11.6 Å². The van der Waals surface area contributed by atoms with Crippen LogP contribution in [-0.4, -0.2) is 56.2 Å². The molecule has 0 aromatic heterocycles. The number of hydrogen-bond donors (Lipinski definition) is 0. The van der Waals surface area contributed by atoms with Gasteiger partial charge in [-0.25, -0.2) is 0 Å². The zero-order chi connectivity index (χ0) is 16.8. The Morgan fingerprint density at radius 2 is 1.58 bits per heavy atom. The molecule has 1 saturated heterocycles. The lowest BCUT2D eigenvalue weighted by Crippen LogP contribution is -2.45. The van der Waals surface area contributed by atoms with Crippen molar-refractivity contribution < 1.29 is 9.47 Å². The van der Waals surface area contributed by atoms with E-state index in [9.17, 15) is 0 Å². The summed E-state index contributed by atoms with van der Waals surface area (Å²) in [6.07, 6.45) is 0. The Balaban J connectivity index is 1.50. The average molecular weight is 347 g/mol. The summed E-state index contributed by atoms with van der Waals surface area (Å²) in [5.41, 5.74) is 0. The Bertz CT molecular complexity index is 657. The molecule has 0 saturated carbocycles. The Hall–Kier alpha value is -1.75. The van der Waals surface area contributed by atoms with Gasteiger partial charge in [0, 0.05) is 43.8 Å². The number of benzene rings is 2. The maximum Gasteiger partial charge on any atom is 0.131 e. The molecule has 0 N–H and O–H groups in total. The molecule has 5 heteroatoms. The van der Waals surface area contributed by atoms with Crippen molar-refractivity contribution in [2.75, 3.05) is 46.4 Å². The summed E-state index contributed by atoms with van der Waals surface area (Å²) in [5, 5.41) is 0.659. The van der Waals surface area contributed by atoms with Crippen molar-refractivity contribution in [3.63, 3.8) is 0 Å². The Labute approximate surface area is 148 Å². The Morgan fingerprint density at radius 3 is 2.33 bits per heavy atom. The number of nitrogens with zero attached hydrogens (tertiary/aromatic N) is 2. The van der Waals surface area contributed by atoms with Crippen LogP contribution in [0.15, 0.2) is 48.5 Å². The first-order valence-electron chi connectivity index (χ1n) is 8.26. The highest BCUT2D eigenvalue weighted by Crippen LogP contribution is 2.26. The van der Waals surface area contributed by atoms with Crippen LogP contribution >= 0.6 is 11.6 Å². The molecule has 0 spiro atoms. The first-order valence-corrected chi connectivity index (χ1v) is 8.64. The lowest BCUT2D eigenvalue weighted by molar-refractivity contribution is 0.133. The number of likely N-dealkylation sites (N-methyl/N-ethyl adjacent to an activating group) is 1. The first kappa shape index (κ1) is 17.1. The highest BCUT2D eigenvalue weighted by atomic mass is 35.5. The van der Waals surface area contributed by atoms with Crippen molar-refractivity contribution in [1.82, 2.24) is 9.80 Å². The quantitative estimate of drug-likeness (QED) is 0.795. The minimum absolute atomic E-state index is 0.659. The SMILES string of the molecule is CN1CCN(CCOc2cccc(Oc3cccc(Cl)c3)c2)CC1. The second-order valence-electron chi connectivity index (χ2n) is 6.03. The van der Waals surface area contributed by atoms with Gasteiger partial charge >= 0.3 is 0 Å². The zero-order valence-electron chi connectivity index (χ0n) is 14.0. The van der Waals surface area contributed by atoms with Crippen LogP contribution < -0.4 is 9.47 Å². The molecular weight excluding hydrogens is 324 g/mol. The minimum Gasteiger partial charge on any atom is -0.492 e. The van der Waals surface area contributed by atoms with Gasteiger partial charge in [0.15, 0.2) is 0 Å². The van der Waals surface area contributed by atoms with E-state index in [4.69, 9.17) is 21.1 Å². The van der Waals surface area contributed by atoms with Crippen molar-refractivity contribution in [2.24, 2.45) is 0 Å². The van der Waals surface area contributed by atoms with Gasteiger partial charge in [0.1, 0.15) is 23.9 Å². The molecule has 0 aliphatic carbocycles. The monoisotopic (exact) mass is 346 g/mol. The molecule has 128 valence electrons. The number of hydrogen-bond acceptors (Lipinski definition) is 4. The van der Waals surface area contributed by atoms with Crippen LogP contribution in [0.4, 0.5) is 0 Å². The van der Waals surface area contributed by atoms with Crippen molar-refractivity contribution in [3.05, 3.63) is 53.6 Å². The highest BCUT2D eigenvalue weighted by molar-refractivity contribution is 6.30. The molecule has 1 heterocycles. The summed E-state index contributed by atoms with van der Waals surface area (Å²) >= 11 is 5.98. The zero-order valence-corrected chi connectivity index (χ0v) is 14.7. The van der Waals surface area contributed by atoms with E-state index in [2.05, 4.69) is 16.8 Å². The fraction of sp³-hybridized carbons (Fsp3) is 0.368. The summed E-state index contributed by atoms with van der Waals surface area (Å²) in [6, 6.07) is 15.1. The van der Waals surface area contributed by atoms with Crippen molar-refractivity contribution in [2.45, 2.75) is 0 Å². The molecule has 3 rings (SSSR count). The van der Waals surface area contributed by atoms with Gasteiger partial charge in [0.25, 0.3) is 0 Å². The molecule has 0 bridgehead atoms. The van der Waals surface area contributed by atoms with Crippen molar-refractivity contribution in [3.8, 4) is 17.2 Å². The van der Waals surface area contributed by atoms with Gasteiger partial charge in [-0.15, -0.1) is 0 Å². The standard InChI is InChI=1S/C19H23ClN2O2/c1-21-8-10-22(11-9-21)12-13-23-17-5-3-7-19(15-17)24-18-6-2-4-16(20)14-18/h2-7,14-15H,8-13H2,1H3. The molecule has 0 radical (unpaired) electrons. The minimum atomic E-state index is 0.659. The molecule has 24 heavy (non-hydrogen) atoms. The molecule has 4 nitrogen and oxygen atoms in total. The maximum atomic E-state index is 5.98. The molecule has 1 aliphatic rings. The van der Waals surface area contributed by atoms with E-state index in [0.717, 1.165) is 50.0 Å². The molecule has 1 aliphatic heterocycles. The van der Waals surface area contributed by atoms with Crippen LogP contribution in [0, 0.1) is 0 Å². The lowest BCUT2D eigenvalue weighted by atomic mass is 10.3. The predicted molar refractivity (Wildman–Crippen MR) is 97.4 cm³/mol. The second kappa shape index (κ2) is 8.38. The van der Waals surface area contributed by atoms with E-state index in [1.54, 1.807) is 6.07 Å². The average Bonchev–Trinajstić information content (AvgIpc) is 2.57. The van der Waals surface area contributed by atoms with Gasteiger partial charge in [-0.05, 0) is 37.4 Å². The molecule has 2 aromatic rings. The van der Waals surface area contributed by atoms with Crippen LogP contribution in [0.25, 0.3) is 0 Å². The smallest absolute Gasteiger partial charge is 0.131 e. The van der Waals surface area contributed by atoms with E-state index in [0.29, 0.717) is 11.6 Å². The van der Waals surface area contributed by atoms with Crippen LogP contribution in [-0.2, 0) is 0 Å². The first-order chi connectivity index (χ1) is 11.7. The maximum absolute atomic E-state index is 5.98. The van der Waals surface area contributed by atoms with Crippen LogP contribution in [0.2, 0.25) is 5.02 Å². The predicted octanol–water partition coefficient (Wildman–Crippen LogP) is 3.76. The number of halogens is 1. The molecule has 0 amide bonds. The van der Waals surface area contributed by atoms with Gasteiger partial charge in [-0.3, -0.25) is 4.90 Å². The summed E-state index contributed by atoms with van der Waals surface area (Å²) in [4.78, 5) is 4.79. The highest BCUT2D eigenvalue weighted by Gasteiger charge is 2.13. The summed E-state index contributed by atoms with van der Waals surface area (Å²) in [5.74, 6) is 2.29. The third-order valence-corrected chi connectivity index (χ3v) is 4.34. The lowest BCUT2D eigenvalue weighted by Gasteiger charge is -2.32. The fourth-order valence-corrected chi connectivity index (χ4v) is 2.84. The van der Waals surface area contributed by atoms with Gasteiger partial charge in [-0.2, -0.15) is 0 Å². The second-order valence-corrected chi connectivity index (χ2v) is 6.46. The Kier molecular flexibility index (Phi) is 5.96. The van der Waals surface area contributed by atoms with Crippen LogP contribution in [0.3, 0.4) is 0 Å². The molecule has 2 aromatic carbocycles. The van der Waals surface area contributed by atoms with Gasteiger partial charge in [0.2, 0.25) is 0 Å². The fourth-order valence-electron chi connectivity index (χ4n) is 2.66. The summed E-state index contributed by atoms with van der Waals surface area (Å²) < 4.78 is 11.7. The molecular formula is C19H23ClN2O2. The topological polar surface area (TPSA) is 24.9 Å². The Morgan fingerprint density at radius 1 is 0.917 bits per heavy atom. The largest absolute Gasteiger partial charge is 0.492 e. The van der Waals surface area contributed by atoms with Gasteiger partial charge in [0.05, 0.1) is 0 Å². The molecule has 1 fully saturated rings. The van der Waals surface area contributed by atoms with E-state index >= 15 is 0 Å². The third kappa shape index (κ3) is 5.13. The molecule has 0 unspecified atom stereocenters. The summed E-state index contributed by atoms with van der Waals surface area (Å²) in [6.45, 7) is 6.11. The number of piperazine rings is 1. The van der Waals surface area contributed by atoms with E-state index in [-0.39, 0.29) is 0 Å². The van der Waals surface area contributed by atoms with E-state index in [1.807, 2.05) is 42.5 Å². The normalized spacial score (nSPS) is 16.1. The summed E-state index contributed by atoms with van der Waals surface area (Å²) in [7, 11) is 2.17. The van der Waals surface area contributed by atoms with E-state index in [1.165, 1.54) is 0 Å². The third-order valence-electron chi connectivity index (χ3n) is 4.11. The van der Waals surface area contributed by atoms with E-state index < -0.39 is 0 Å².